The number of nitrogens with zero attached hydrogens (tertiary/aromatic N) is 3. The van der Waals surface area contributed by atoms with Gasteiger partial charge in [0.15, 0.2) is 6.04 Å². The second-order valence-corrected chi connectivity index (χ2v) is 6.75. The van der Waals surface area contributed by atoms with Gasteiger partial charge in [-0.1, -0.05) is 30.3 Å². The van der Waals surface area contributed by atoms with Gasteiger partial charge in [-0.15, -0.1) is 11.8 Å². The van der Waals surface area contributed by atoms with Crippen LogP contribution in [0.1, 0.15) is 12.5 Å². The van der Waals surface area contributed by atoms with Gasteiger partial charge in [-0.3, -0.25) is 19.5 Å². The molecule has 0 bridgehead atoms. The van der Waals surface area contributed by atoms with E-state index in [1.807, 2.05) is 30.3 Å². The quantitative estimate of drug-likeness (QED) is 0.452. The topological polar surface area (TPSA) is 111 Å². The first-order valence-corrected chi connectivity index (χ1v) is 8.83. The summed E-state index contributed by atoms with van der Waals surface area (Å²) in [6.07, 6.45) is 2.89. The van der Waals surface area contributed by atoms with Crippen molar-refractivity contribution >= 4 is 42.0 Å². The van der Waals surface area contributed by atoms with E-state index < -0.39 is 12.0 Å². The predicted molar refractivity (Wildman–Crippen MR) is 97.9 cm³/mol. The molecule has 2 N–H and O–H groups in total. The molecular weight excluding hydrogens is 356 g/mol. The largest absolute Gasteiger partial charge is 0.477 e. The van der Waals surface area contributed by atoms with Gasteiger partial charge in [-0.05, 0) is 5.56 Å². The zero-order valence-corrected chi connectivity index (χ0v) is 14.6. The van der Waals surface area contributed by atoms with Crippen LogP contribution in [0.15, 0.2) is 51.7 Å². The van der Waals surface area contributed by atoms with Gasteiger partial charge in [-0.25, -0.2) is 10.2 Å². The molecule has 1 saturated heterocycles. The first kappa shape index (κ1) is 17.9. The molecule has 2 amide bonds. The Morgan fingerprint density at radius 3 is 2.69 bits per heavy atom. The third kappa shape index (κ3) is 3.52. The van der Waals surface area contributed by atoms with E-state index in [9.17, 15) is 19.5 Å². The van der Waals surface area contributed by atoms with Crippen LogP contribution in [0.4, 0.5) is 0 Å². The Balaban J connectivity index is 1.79. The fraction of sp³-hybridized carbons (Fsp3) is 0.235. The number of amides is 2. The van der Waals surface area contributed by atoms with Crippen molar-refractivity contribution in [3.8, 4) is 0 Å². The maximum Gasteiger partial charge on any atom is 0.353 e. The highest BCUT2D eigenvalue weighted by Gasteiger charge is 2.53. The number of hydrogen-bond acceptors (Lipinski definition) is 6. The smallest absolute Gasteiger partial charge is 0.353 e. The van der Waals surface area contributed by atoms with Crippen molar-refractivity contribution < 1.29 is 19.5 Å². The first-order chi connectivity index (χ1) is 12.5. The lowest BCUT2D eigenvalue weighted by molar-refractivity contribution is -0.147. The first-order valence-electron chi connectivity index (χ1n) is 7.78. The monoisotopic (exact) mass is 372 g/mol. The van der Waals surface area contributed by atoms with Crippen molar-refractivity contribution in [2.75, 3.05) is 5.75 Å². The molecule has 9 heteroatoms. The standard InChI is InChI=1S/C17H16N4O4S/c1-10(22)20-19-8-12-9-26-16-13(15(23)21(16)14(12)17(24)25)18-7-11-5-3-2-4-6-11/h2-8,13,16H,9H2,1H3,(H,20,22)(H,24,25)/t13?,16-/m1/s1. The number of fused-ring (bicyclic) bond motifs is 1. The van der Waals surface area contributed by atoms with Crippen LogP contribution in [-0.4, -0.2) is 57.4 Å². The zero-order valence-electron chi connectivity index (χ0n) is 13.8. The fourth-order valence-electron chi connectivity index (χ4n) is 2.63. The second-order valence-electron chi connectivity index (χ2n) is 5.65. The number of carbonyl (C=O) groups excluding carboxylic acids is 2. The maximum absolute atomic E-state index is 12.4. The summed E-state index contributed by atoms with van der Waals surface area (Å²) in [5, 5.41) is 12.9. The normalized spacial score (nSPS) is 22.5. The Bertz CT molecular complexity index is 834. The predicted octanol–water partition coefficient (Wildman–Crippen LogP) is 0.850. The van der Waals surface area contributed by atoms with Gasteiger partial charge in [0.1, 0.15) is 11.1 Å². The van der Waals surface area contributed by atoms with Gasteiger partial charge < -0.3 is 5.11 Å². The van der Waals surface area contributed by atoms with Crippen molar-refractivity contribution in [1.29, 1.82) is 0 Å². The minimum absolute atomic E-state index is 0.112. The number of carboxylic acid groups (broad SMARTS) is 1. The van der Waals surface area contributed by atoms with Crippen LogP contribution < -0.4 is 5.43 Å². The minimum atomic E-state index is -1.21. The molecule has 1 fully saturated rings. The molecule has 0 radical (unpaired) electrons. The molecule has 1 aromatic rings. The highest BCUT2D eigenvalue weighted by molar-refractivity contribution is 8.00. The van der Waals surface area contributed by atoms with Crippen molar-refractivity contribution in [3.63, 3.8) is 0 Å². The van der Waals surface area contributed by atoms with Gasteiger partial charge in [0.05, 0.1) is 6.21 Å². The number of benzene rings is 1. The Morgan fingerprint density at radius 2 is 2.04 bits per heavy atom. The summed E-state index contributed by atoms with van der Waals surface area (Å²) in [7, 11) is 0. The summed E-state index contributed by atoms with van der Waals surface area (Å²) in [6.45, 7) is 1.30. The van der Waals surface area contributed by atoms with E-state index in [1.54, 1.807) is 6.21 Å². The summed E-state index contributed by atoms with van der Waals surface area (Å²) in [4.78, 5) is 40.5. The number of thioether (sulfide) groups is 1. The van der Waals surface area contributed by atoms with Crippen molar-refractivity contribution in [1.82, 2.24) is 10.3 Å². The molecule has 2 aliphatic rings. The van der Waals surface area contributed by atoms with E-state index in [0.29, 0.717) is 11.3 Å². The summed E-state index contributed by atoms with van der Waals surface area (Å²) in [6, 6.07) is 8.77. The highest BCUT2D eigenvalue weighted by atomic mass is 32.2. The molecule has 0 aromatic heterocycles. The molecule has 3 rings (SSSR count). The van der Waals surface area contributed by atoms with E-state index in [2.05, 4.69) is 15.5 Å². The Morgan fingerprint density at radius 1 is 1.31 bits per heavy atom. The molecular formula is C17H16N4O4S. The number of rotatable bonds is 5. The molecule has 2 aliphatic heterocycles. The van der Waals surface area contributed by atoms with Gasteiger partial charge >= 0.3 is 5.97 Å². The van der Waals surface area contributed by atoms with E-state index in [4.69, 9.17) is 0 Å². The Kier molecular flexibility index (Phi) is 5.17. The van der Waals surface area contributed by atoms with E-state index in [0.717, 1.165) is 5.56 Å². The van der Waals surface area contributed by atoms with Crippen LogP contribution in [0.3, 0.4) is 0 Å². The van der Waals surface area contributed by atoms with E-state index >= 15 is 0 Å². The van der Waals surface area contributed by atoms with E-state index in [-0.39, 0.29) is 22.9 Å². The van der Waals surface area contributed by atoms with Crippen LogP contribution in [0.5, 0.6) is 0 Å². The SMILES string of the molecule is CC(=O)NN=CC1=C(C(=O)O)N2C(=O)C(N=Cc3ccccc3)[C@H]2SC1. The van der Waals surface area contributed by atoms with Gasteiger partial charge in [0.2, 0.25) is 5.91 Å². The number of aliphatic carboxylic acids is 1. The second kappa shape index (κ2) is 7.52. The number of carbonyl (C=O) groups is 3. The van der Waals surface area contributed by atoms with Crippen molar-refractivity contribution in [2.24, 2.45) is 10.1 Å². The average Bonchev–Trinajstić information content (AvgIpc) is 2.61. The number of carboxylic acids is 1. The lowest BCUT2D eigenvalue weighted by atomic mass is 10.0. The zero-order chi connectivity index (χ0) is 18.7. The molecule has 1 unspecified atom stereocenters. The molecule has 1 aromatic carbocycles. The number of nitrogens with one attached hydrogen (secondary N) is 1. The Labute approximate surface area is 153 Å². The van der Waals surface area contributed by atoms with Crippen LogP contribution in [0.25, 0.3) is 0 Å². The third-order valence-corrected chi connectivity index (χ3v) is 5.09. The number of hydrogen-bond donors (Lipinski definition) is 2. The molecule has 0 saturated carbocycles. The lowest BCUT2D eigenvalue weighted by Crippen LogP contribution is -2.64. The molecule has 0 spiro atoms. The van der Waals surface area contributed by atoms with E-state index in [1.165, 1.54) is 29.8 Å². The summed E-state index contributed by atoms with van der Waals surface area (Å²) in [5.41, 5.74) is 3.35. The lowest BCUT2D eigenvalue weighted by Gasteiger charge is -2.47. The van der Waals surface area contributed by atoms with Crippen molar-refractivity contribution in [2.45, 2.75) is 18.3 Å². The van der Waals surface area contributed by atoms with Gasteiger partial charge in [0, 0.05) is 24.5 Å². The van der Waals surface area contributed by atoms with Crippen LogP contribution >= 0.6 is 11.8 Å². The average molecular weight is 372 g/mol. The molecule has 8 nitrogen and oxygen atoms in total. The van der Waals surface area contributed by atoms with Crippen LogP contribution in [0.2, 0.25) is 0 Å². The molecule has 0 aliphatic carbocycles. The highest BCUT2D eigenvalue weighted by Crippen LogP contribution is 2.41. The summed E-state index contributed by atoms with van der Waals surface area (Å²) < 4.78 is 0. The molecule has 2 atom stereocenters. The molecule has 26 heavy (non-hydrogen) atoms. The third-order valence-electron chi connectivity index (χ3n) is 3.80. The number of aliphatic imine (C=N–C) groups is 1. The molecule has 2 heterocycles. The van der Waals surface area contributed by atoms with Crippen LogP contribution in [0, 0.1) is 0 Å². The van der Waals surface area contributed by atoms with Gasteiger partial charge in [-0.2, -0.15) is 5.10 Å². The number of hydrazone groups is 1. The van der Waals surface area contributed by atoms with Gasteiger partial charge in [0.25, 0.3) is 5.91 Å². The fourth-order valence-corrected chi connectivity index (χ4v) is 3.92. The van der Waals surface area contributed by atoms with Crippen molar-refractivity contribution in [3.05, 3.63) is 47.2 Å². The maximum atomic E-state index is 12.4. The summed E-state index contributed by atoms with van der Waals surface area (Å²) >= 11 is 1.41. The summed E-state index contributed by atoms with van der Waals surface area (Å²) in [5.74, 6) is -1.58. The minimum Gasteiger partial charge on any atom is -0.477 e. The molecule has 134 valence electrons. The number of β-lactam (4-membered cyclic amide) rings is 1. The van der Waals surface area contributed by atoms with Crippen LogP contribution in [-0.2, 0) is 14.4 Å². The Hall–Kier alpha value is -2.94.